The normalized spacial score (nSPS) is 16.4. The van der Waals surface area contributed by atoms with Gasteiger partial charge in [0.05, 0.1) is 17.7 Å². The number of aliphatic imine (C=N–C) groups is 1. The summed E-state index contributed by atoms with van der Waals surface area (Å²) in [4.78, 5) is 20.0. The van der Waals surface area contributed by atoms with Crippen LogP contribution in [0, 0.1) is 0 Å². The summed E-state index contributed by atoms with van der Waals surface area (Å²) in [6.45, 7) is 6.68. The highest BCUT2D eigenvalue weighted by molar-refractivity contribution is 8.18. The van der Waals surface area contributed by atoms with Gasteiger partial charge in [-0.25, -0.2) is 4.99 Å². The third-order valence-electron chi connectivity index (χ3n) is 4.23. The van der Waals surface area contributed by atoms with Crippen LogP contribution in [0.1, 0.15) is 18.9 Å². The van der Waals surface area contributed by atoms with E-state index in [9.17, 15) is 4.79 Å². The molecule has 0 saturated carbocycles. The van der Waals surface area contributed by atoms with Gasteiger partial charge in [-0.2, -0.15) is 0 Å². The first kappa shape index (κ1) is 22.0. The van der Waals surface area contributed by atoms with Crippen LogP contribution in [-0.2, 0) is 4.79 Å². The molecule has 2 aromatic rings. The lowest BCUT2D eigenvalue weighted by atomic mass is 10.2. The third-order valence-corrected chi connectivity index (χ3v) is 5.49. The Bertz CT molecular complexity index is 986. The number of amidine groups is 1. The van der Waals surface area contributed by atoms with E-state index in [1.165, 1.54) is 11.8 Å². The zero-order valence-electron chi connectivity index (χ0n) is 16.9. The second-order valence-electron chi connectivity index (χ2n) is 6.45. The molecule has 0 atom stereocenters. The molecule has 0 spiro atoms. The molecule has 1 aliphatic rings. The number of benzene rings is 2. The van der Waals surface area contributed by atoms with E-state index in [4.69, 9.17) is 21.1 Å². The summed E-state index contributed by atoms with van der Waals surface area (Å²) in [6, 6.07) is 12.8. The molecule has 2 aromatic carbocycles. The predicted molar refractivity (Wildman–Crippen MR) is 125 cm³/mol. The topological polar surface area (TPSA) is 51.1 Å². The number of carbonyl (C=O) groups is 1. The summed E-state index contributed by atoms with van der Waals surface area (Å²) in [5, 5.41) is 1.31. The van der Waals surface area contributed by atoms with Gasteiger partial charge in [-0.1, -0.05) is 37.2 Å². The van der Waals surface area contributed by atoms with Gasteiger partial charge in [-0.15, -0.1) is 0 Å². The number of halogens is 1. The minimum absolute atomic E-state index is 0.0551. The summed E-state index contributed by atoms with van der Waals surface area (Å²) in [5.74, 6) is 1.17. The molecule has 1 amide bonds. The van der Waals surface area contributed by atoms with Crippen molar-refractivity contribution in [1.29, 1.82) is 0 Å². The molecule has 1 saturated heterocycles. The number of thioether (sulfide) groups is 1. The van der Waals surface area contributed by atoms with Crippen LogP contribution in [0.5, 0.6) is 11.5 Å². The lowest BCUT2D eigenvalue weighted by Crippen LogP contribution is -2.29. The fourth-order valence-electron chi connectivity index (χ4n) is 2.83. The van der Waals surface area contributed by atoms with E-state index in [0.717, 1.165) is 17.7 Å². The molecule has 0 radical (unpaired) electrons. The van der Waals surface area contributed by atoms with Gasteiger partial charge in [0, 0.05) is 11.6 Å². The first-order valence-electron chi connectivity index (χ1n) is 9.53. The largest absolute Gasteiger partial charge is 0.493 e. The second kappa shape index (κ2) is 10.4. The van der Waals surface area contributed by atoms with Gasteiger partial charge in [-0.3, -0.25) is 9.69 Å². The van der Waals surface area contributed by atoms with Crippen LogP contribution < -0.4 is 9.47 Å². The van der Waals surface area contributed by atoms with E-state index in [2.05, 4.69) is 11.6 Å². The SMILES string of the molecule is C=CCOc1ccc(/C=C2\SC(=Nc3ccc(Cl)cc3)N(CCC)C2=O)cc1OC. The number of nitrogens with zero attached hydrogens (tertiary/aromatic N) is 2. The number of amides is 1. The molecule has 0 N–H and O–H groups in total. The van der Waals surface area contributed by atoms with Gasteiger partial charge in [-0.05, 0) is 66.2 Å². The first-order valence-corrected chi connectivity index (χ1v) is 10.7. The number of hydrogen-bond acceptors (Lipinski definition) is 5. The van der Waals surface area contributed by atoms with Gasteiger partial charge in [0.25, 0.3) is 5.91 Å². The van der Waals surface area contributed by atoms with E-state index in [-0.39, 0.29) is 5.91 Å². The smallest absolute Gasteiger partial charge is 0.266 e. The summed E-state index contributed by atoms with van der Waals surface area (Å²) < 4.78 is 11.0. The van der Waals surface area contributed by atoms with Crippen LogP contribution in [0.4, 0.5) is 5.69 Å². The molecule has 0 unspecified atom stereocenters. The van der Waals surface area contributed by atoms with Crippen LogP contribution >= 0.6 is 23.4 Å². The highest BCUT2D eigenvalue weighted by Gasteiger charge is 2.32. The maximum absolute atomic E-state index is 13.0. The molecule has 0 bridgehead atoms. The fraction of sp³-hybridized carbons (Fsp3) is 0.217. The summed E-state index contributed by atoms with van der Waals surface area (Å²) in [5.41, 5.74) is 1.60. The summed E-state index contributed by atoms with van der Waals surface area (Å²) in [7, 11) is 1.59. The summed E-state index contributed by atoms with van der Waals surface area (Å²) in [6.07, 6.45) is 4.36. The number of methoxy groups -OCH3 is 1. The van der Waals surface area contributed by atoms with Crippen molar-refractivity contribution in [2.24, 2.45) is 4.99 Å². The van der Waals surface area contributed by atoms with E-state index in [1.54, 1.807) is 30.2 Å². The molecule has 0 aromatic heterocycles. The standard InChI is InChI=1S/C23H23ClN2O3S/c1-4-12-26-22(27)21(30-23(26)25-18-9-7-17(24)8-10-18)15-16-6-11-19(29-13-5-2)20(14-16)28-3/h5-11,14-15H,2,4,12-13H2,1,3H3/b21-15-,25-23?. The van der Waals surface area contributed by atoms with Crippen LogP contribution in [0.3, 0.4) is 0 Å². The Labute approximate surface area is 186 Å². The zero-order valence-corrected chi connectivity index (χ0v) is 18.5. The molecule has 3 rings (SSSR count). The molecule has 1 aliphatic heterocycles. The maximum Gasteiger partial charge on any atom is 0.266 e. The molecular formula is C23H23ClN2O3S. The van der Waals surface area contributed by atoms with Crippen molar-refractivity contribution in [3.8, 4) is 11.5 Å². The van der Waals surface area contributed by atoms with Crippen molar-refractivity contribution in [3.63, 3.8) is 0 Å². The van der Waals surface area contributed by atoms with Crippen LogP contribution in [-0.4, -0.2) is 36.2 Å². The lowest BCUT2D eigenvalue weighted by molar-refractivity contribution is -0.122. The number of hydrogen-bond donors (Lipinski definition) is 0. The van der Waals surface area contributed by atoms with Gasteiger partial charge in [0.2, 0.25) is 0 Å². The fourth-order valence-corrected chi connectivity index (χ4v) is 3.98. The van der Waals surface area contributed by atoms with Crippen LogP contribution in [0.25, 0.3) is 6.08 Å². The van der Waals surface area contributed by atoms with Crippen molar-refractivity contribution >= 4 is 46.2 Å². The number of carbonyl (C=O) groups excluding carboxylic acids is 1. The van der Waals surface area contributed by atoms with Crippen molar-refractivity contribution < 1.29 is 14.3 Å². The van der Waals surface area contributed by atoms with Crippen LogP contribution in [0.15, 0.2) is 65.0 Å². The van der Waals surface area contributed by atoms with Crippen molar-refractivity contribution in [3.05, 3.63) is 70.6 Å². The van der Waals surface area contributed by atoms with E-state index >= 15 is 0 Å². The highest BCUT2D eigenvalue weighted by Crippen LogP contribution is 2.36. The number of ether oxygens (including phenoxy) is 2. The van der Waals surface area contributed by atoms with Gasteiger partial charge < -0.3 is 9.47 Å². The van der Waals surface area contributed by atoms with Crippen molar-refractivity contribution in [2.45, 2.75) is 13.3 Å². The molecule has 1 fully saturated rings. The van der Waals surface area contributed by atoms with Crippen LogP contribution in [0.2, 0.25) is 5.02 Å². The van der Waals surface area contributed by atoms with Crippen molar-refractivity contribution in [1.82, 2.24) is 4.90 Å². The molecule has 7 heteroatoms. The zero-order chi connectivity index (χ0) is 21.5. The van der Waals surface area contributed by atoms with E-state index < -0.39 is 0 Å². The molecule has 0 aliphatic carbocycles. The number of rotatable bonds is 8. The highest BCUT2D eigenvalue weighted by atomic mass is 35.5. The minimum Gasteiger partial charge on any atom is -0.493 e. The Morgan fingerprint density at radius 1 is 1.20 bits per heavy atom. The Hall–Kier alpha value is -2.70. The van der Waals surface area contributed by atoms with Gasteiger partial charge in [0.15, 0.2) is 16.7 Å². The average Bonchev–Trinajstić information content (AvgIpc) is 3.03. The maximum atomic E-state index is 13.0. The van der Waals surface area contributed by atoms with Gasteiger partial charge >= 0.3 is 0 Å². The average molecular weight is 443 g/mol. The monoisotopic (exact) mass is 442 g/mol. The predicted octanol–water partition coefficient (Wildman–Crippen LogP) is 5.93. The molecule has 156 valence electrons. The van der Waals surface area contributed by atoms with E-state index in [0.29, 0.717) is 39.7 Å². The minimum atomic E-state index is -0.0551. The Kier molecular flexibility index (Phi) is 7.60. The van der Waals surface area contributed by atoms with Crippen molar-refractivity contribution in [2.75, 3.05) is 20.3 Å². The molecule has 30 heavy (non-hydrogen) atoms. The Morgan fingerprint density at radius 3 is 2.63 bits per heavy atom. The lowest BCUT2D eigenvalue weighted by Gasteiger charge is -2.14. The Balaban J connectivity index is 1.90. The second-order valence-corrected chi connectivity index (χ2v) is 7.89. The Morgan fingerprint density at radius 2 is 1.97 bits per heavy atom. The first-order chi connectivity index (χ1) is 14.5. The molecule has 1 heterocycles. The van der Waals surface area contributed by atoms with Gasteiger partial charge in [0.1, 0.15) is 6.61 Å². The molecule has 5 nitrogen and oxygen atoms in total. The third kappa shape index (κ3) is 5.26. The quantitative estimate of drug-likeness (QED) is 0.375. The summed E-state index contributed by atoms with van der Waals surface area (Å²) >= 11 is 7.32. The molecular weight excluding hydrogens is 420 g/mol. The van der Waals surface area contributed by atoms with E-state index in [1.807, 2.05) is 43.3 Å².